The lowest BCUT2D eigenvalue weighted by molar-refractivity contribution is -0.120. The van der Waals surface area contributed by atoms with E-state index in [-0.39, 0.29) is 17.5 Å². The van der Waals surface area contributed by atoms with E-state index >= 15 is 0 Å². The summed E-state index contributed by atoms with van der Waals surface area (Å²) in [5.41, 5.74) is 0.853. The molecule has 1 saturated heterocycles. The SMILES string of the molecule is Cc1cccc(NC(=O)C2CCCN(c3cccc(C(=O)O)n3)C2)n1. The predicted octanol–water partition coefficient (Wildman–Crippen LogP) is 2.34. The lowest BCUT2D eigenvalue weighted by Crippen LogP contribution is -2.41. The second-order valence-electron chi connectivity index (χ2n) is 6.12. The number of amides is 1. The topological polar surface area (TPSA) is 95.4 Å². The summed E-state index contributed by atoms with van der Waals surface area (Å²) in [6, 6.07) is 10.4. The molecule has 1 aliphatic heterocycles. The molecule has 2 N–H and O–H groups in total. The summed E-state index contributed by atoms with van der Waals surface area (Å²) in [6.07, 6.45) is 1.63. The number of anilines is 2. The minimum atomic E-state index is -1.06. The number of piperidine rings is 1. The summed E-state index contributed by atoms with van der Waals surface area (Å²) in [6.45, 7) is 3.13. The molecule has 2 aromatic heterocycles. The molecule has 1 atom stereocenters. The number of nitrogens with zero attached hydrogens (tertiary/aromatic N) is 3. The third-order valence-electron chi connectivity index (χ3n) is 4.21. The van der Waals surface area contributed by atoms with Gasteiger partial charge in [-0.2, -0.15) is 0 Å². The molecule has 3 heterocycles. The van der Waals surface area contributed by atoms with Crippen LogP contribution in [0.5, 0.6) is 0 Å². The van der Waals surface area contributed by atoms with Crippen LogP contribution in [0.3, 0.4) is 0 Å². The van der Waals surface area contributed by atoms with Gasteiger partial charge in [-0.15, -0.1) is 0 Å². The van der Waals surface area contributed by atoms with E-state index in [4.69, 9.17) is 5.11 Å². The number of carboxylic acid groups (broad SMARTS) is 1. The van der Waals surface area contributed by atoms with Crippen molar-refractivity contribution in [2.24, 2.45) is 5.92 Å². The Morgan fingerprint density at radius 1 is 1.20 bits per heavy atom. The molecule has 0 radical (unpaired) electrons. The molecule has 1 aliphatic rings. The van der Waals surface area contributed by atoms with E-state index in [9.17, 15) is 9.59 Å². The fourth-order valence-electron chi connectivity index (χ4n) is 2.96. The number of aryl methyl sites for hydroxylation is 1. The van der Waals surface area contributed by atoms with Crippen LogP contribution in [-0.4, -0.2) is 40.0 Å². The molecule has 0 aromatic carbocycles. The lowest BCUT2D eigenvalue weighted by Gasteiger charge is -2.32. The fraction of sp³-hybridized carbons (Fsp3) is 0.333. The van der Waals surface area contributed by atoms with Crippen molar-refractivity contribution in [2.45, 2.75) is 19.8 Å². The highest BCUT2D eigenvalue weighted by atomic mass is 16.4. The Hall–Kier alpha value is -2.96. The smallest absolute Gasteiger partial charge is 0.354 e. The zero-order valence-corrected chi connectivity index (χ0v) is 14.0. The zero-order valence-electron chi connectivity index (χ0n) is 14.0. The Morgan fingerprint density at radius 3 is 2.76 bits per heavy atom. The van der Waals surface area contributed by atoms with Gasteiger partial charge in [0.25, 0.3) is 0 Å². The van der Waals surface area contributed by atoms with Gasteiger partial charge in [-0.25, -0.2) is 14.8 Å². The van der Waals surface area contributed by atoms with Crippen molar-refractivity contribution in [1.82, 2.24) is 9.97 Å². The second-order valence-corrected chi connectivity index (χ2v) is 6.12. The largest absolute Gasteiger partial charge is 0.477 e. The quantitative estimate of drug-likeness (QED) is 0.887. The molecule has 0 spiro atoms. The van der Waals surface area contributed by atoms with Crippen molar-refractivity contribution in [3.8, 4) is 0 Å². The van der Waals surface area contributed by atoms with Crippen molar-refractivity contribution in [3.63, 3.8) is 0 Å². The first-order valence-electron chi connectivity index (χ1n) is 8.23. The van der Waals surface area contributed by atoms with Crippen molar-refractivity contribution in [1.29, 1.82) is 0 Å². The zero-order chi connectivity index (χ0) is 17.8. The number of hydrogen-bond acceptors (Lipinski definition) is 5. The maximum atomic E-state index is 12.5. The molecule has 1 amide bonds. The average Bonchev–Trinajstić information content (AvgIpc) is 2.62. The number of aromatic nitrogens is 2. The summed E-state index contributed by atoms with van der Waals surface area (Å²) < 4.78 is 0. The van der Waals surface area contributed by atoms with Crippen LogP contribution in [0.15, 0.2) is 36.4 Å². The fourth-order valence-corrected chi connectivity index (χ4v) is 2.96. The molecular formula is C18H20N4O3. The highest BCUT2D eigenvalue weighted by Crippen LogP contribution is 2.23. The van der Waals surface area contributed by atoms with E-state index in [2.05, 4.69) is 15.3 Å². The van der Waals surface area contributed by atoms with Gasteiger partial charge in [-0.1, -0.05) is 12.1 Å². The van der Waals surface area contributed by atoms with Gasteiger partial charge >= 0.3 is 5.97 Å². The molecule has 7 heteroatoms. The van der Waals surface area contributed by atoms with Crippen molar-refractivity contribution >= 4 is 23.5 Å². The molecule has 25 heavy (non-hydrogen) atoms. The van der Waals surface area contributed by atoms with Crippen LogP contribution >= 0.6 is 0 Å². The number of nitrogens with one attached hydrogen (secondary N) is 1. The summed E-state index contributed by atoms with van der Waals surface area (Å²) in [4.78, 5) is 34.0. The van der Waals surface area contributed by atoms with Crippen LogP contribution < -0.4 is 10.2 Å². The number of carboxylic acids is 1. The Balaban J connectivity index is 1.69. The van der Waals surface area contributed by atoms with E-state index in [0.29, 0.717) is 18.2 Å². The molecular weight excluding hydrogens is 320 g/mol. The third kappa shape index (κ3) is 4.12. The van der Waals surface area contributed by atoms with Crippen molar-refractivity contribution in [2.75, 3.05) is 23.3 Å². The monoisotopic (exact) mass is 340 g/mol. The molecule has 1 unspecified atom stereocenters. The van der Waals surface area contributed by atoms with Gasteiger partial charge in [-0.3, -0.25) is 4.79 Å². The Kier molecular flexibility index (Phi) is 4.92. The normalized spacial score (nSPS) is 17.2. The predicted molar refractivity (Wildman–Crippen MR) is 93.7 cm³/mol. The number of carbonyl (C=O) groups excluding carboxylic acids is 1. The first kappa shape index (κ1) is 16.9. The molecule has 0 saturated carbocycles. The van der Waals surface area contributed by atoms with Gasteiger partial charge in [0.15, 0.2) is 5.69 Å². The van der Waals surface area contributed by atoms with E-state index in [1.54, 1.807) is 18.2 Å². The van der Waals surface area contributed by atoms with E-state index in [0.717, 1.165) is 25.1 Å². The molecule has 0 bridgehead atoms. The maximum Gasteiger partial charge on any atom is 0.354 e. The van der Waals surface area contributed by atoms with Crippen LogP contribution in [0.4, 0.5) is 11.6 Å². The van der Waals surface area contributed by atoms with Crippen LogP contribution in [0.25, 0.3) is 0 Å². The molecule has 2 aromatic rings. The Morgan fingerprint density at radius 2 is 2.00 bits per heavy atom. The minimum Gasteiger partial charge on any atom is -0.477 e. The Labute approximate surface area is 145 Å². The van der Waals surface area contributed by atoms with Gasteiger partial charge < -0.3 is 15.3 Å². The van der Waals surface area contributed by atoms with E-state index < -0.39 is 5.97 Å². The van der Waals surface area contributed by atoms with Gasteiger partial charge in [0.1, 0.15) is 11.6 Å². The first-order valence-corrected chi connectivity index (χ1v) is 8.23. The summed E-state index contributed by atoms with van der Waals surface area (Å²) in [5, 5.41) is 11.9. The third-order valence-corrected chi connectivity index (χ3v) is 4.21. The van der Waals surface area contributed by atoms with E-state index in [1.165, 1.54) is 6.07 Å². The highest BCUT2D eigenvalue weighted by Gasteiger charge is 2.27. The standard InChI is InChI=1S/C18H20N4O3/c1-12-5-2-8-15(19-12)21-17(23)13-6-4-10-22(11-13)16-9-3-7-14(20-16)18(24)25/h2-3,5,7-9,13H,4,6,10-11H2,1H3,(H,24,25)(H,19,21,23). The van der Waals surface area contributed by atoms with Crippen LogP contribution in [0.2, 0.25) is 0 Å². The van der Waals surface area contributed by atoms with Crippen LogP contribution in [0.1, 0.15) is 29.0 Å². The summed E-state index contributed by atoms with van der Waals surface area (Å²) >= 11 is 0. The molecule has 130 valence electrons. The van der Waals surface area contributed by atoms with Crippen LogP contribution in [-0.2, 0) is 4.79 Å². The number of carbonyl (C=O) groups is 2. The summed E-state index contributed by atoms with van der Waals surface area (Å²) in [5.74, 6) is -0.179. The number of rotatable bonds is 4. The van der Waals surface area contributed by atoms with Crippen molar-refractivity contribution in [3.05, 3.63) is 47.8 Å². The van der Waals surface area contributed by atoms with Gasteiger partial charge in [0.2, 0.25) is 5.91 Å². The molecule has 1 fully saturated rings. The van der Waals surface area contributed by atoms with Gasteiger partial charge in [0, 0.05) is 18.8 Å². The number of pyridine rings is 2. The summed E-state index contributed by atoms with van der Waals surface area (Å²) in [7, 11) is 0. The molecule has 3 rings (SSSR count). The molecule has 7 nitrogen and oxygen atoms in total. The number of aromatic carboxylic acids is 1. The van der Waals surface area contributed by atoms with Crippen LogP contribution in [0, 0.1) is 12.8 Å². The van der Waals surface area contributed by atoms with Crippen molar-refractivity contribution < 1.29 is 14.7 Å². The number of hydrogen-bond donors (Lipinski definition) is 2. The van der Waals surface area contributed by atoms with E-state index in [1.807, 2.05) is 24.0 Å². The lowest BCUT2D eigenvalue weighted by atomic mass is 9.97. The minimum absolute atomic E-state index is 0.00744. The first-order chi connectivity index (χ1) is 12.0. The van der Waals surface area contributed by atoms with Gasteiger partial charge in [0.05, 0.1) is 5.92 Å². The second kappa shape index (κ2) is 7.29. The average molecular weight is 340 g/mol. The Bertz CT molecular complexity index is 793. The molecule has 0 aliphatic carbocycles. The maximum absolute atomic E-state index is 12.5. The highest BCUT2D eigenvalue weighted by molar-refractivity contribution is 5.92. The van der Waals surface area contributed by atoms with Gasteiger partial charge in [-0.05, 0) is 44.0 Å².